The molecule has 0 saturated carbocycles. The second-order valence-corrected chi connectivity index (χ2v) is 8.01. The second-order valence-electron chi connectivity index (χ2n) is 8.01. The molecule has 1 unspecified atom stereocenters. The second kappa shape index (κ2) is 11.4. The molecule has 36 heavy (non-hydrogen) atoms. The molecule has 194 valence electrons. The van der Waals surface area contributed by atoms with Gasteiger partial charge in [-0.2, -0.15) is 0 Å². The zero-order valence-corrected chi connectivity index (χ0v) is 19.0. The van der Waals surface area contributed by atoms with Gasteiger partial charge in [0.05, 0.1) is 17.1 Å². The molecule has 4 rings (SSSR count). The molecule has 3 N–H and O–H groups in total. The van der Waals surface area contributed by atoms with Gasteiger partial charge in [-0.3, -0.25) is 0 Å². The minimum atomic E-state index is -5.00. The summed E-state index contributed by atoms with van der Waals surface area (Å²) in [5.41, 5.74) is 1.81. The number of likely N-dealkylation sites (tertiary alicyclic amines) is 1. The summed E-state index contributed by atoms with van der Waals surface area (Å²) in [6.07, 6.45) is -4.33. The van der Waals surface area contributed by atoms with Gasteiger partial charge in [0, 0.05) is 13.1 Å². The number of ether oxygens (including phenoxy) is 2. The summed E-state index contributed by atoms with van der Waals surface area (Å²) in [5, 5.41) is 14.8. The molecule has 2 aromatic carbocycles. The number of nitrogens with one attached hydrogen (secondary N) is 1. The van der Waals surface area contributed by atoms with Crippen LogP contribution in [0.15, 0.2) is 42.5 Å². The summed E-state index contributed by atoms with van der Waals surface area (Å²) in [4.78, 5) is 28.1. The number of fused-ring (bicyclic) bond motifs is 1. The molecule has 1 fully saturated rings. The number of benzene rings is 2. The van der Waals surface area contributed by atoms with Gasteiger partial charge in [0.1, 0.15) is 11.9 Å². The predicted molar refractivity (Wildman–Crippen MR) is 118 cm³/mol. The number of imidazole rings is 1. The van der Waals surface area contributed by atoms with Gasteiger partial charge in [0.15, 0.2) is 11.6 Å². The van der Waals surface area contributed by atoms with Crippen molar-refractivity contribution in [2.24, 2.45) is 0 Å². The Morgan fingerprint density at radius 2 is 1.75 bits per heavy atom. The lowest BCUT2D eigenvalue weighted by atomic mass is 10.1. The number of aromatic nitrogens is 2. The van der Waals surface area contributed by atoms with Crippen molar-refractivity contribution in [3.8, 4) is 5.75 Å². The third kappa shape index (κ3) is 7.39. The first-order chi connectivity index (χ1) is 16.9. The highest BCUT2D eigenvalue weighted by Crippen LogP contribution is 2.34. The van der Waals surface area contributed by atoms with Crippen LogP contribution >= 0.6 is 0 Å². The van der Waals surface area contributed by atoms with E-state index in [0.717, 1.165) is 43.6 Å². The maximum absolute atomic E-state index is 13.9. The number of hydrogen-bond acceptors (Lipinski definition) is 6. The lowest BCUT2D eigenvalue weighted by Crippen LogP contribution is -2.35. The van der Waals surface area contributed by atoms with Gasteiger partial charge in [0.2, 0.25) is 0 Å². The Bertz CT molecular complexity index is 1160. The minimum Gasteiger partial charge on any atom is -0.473 e. The van der Waals surface area contributed by atoms with Gasteiger partial charge in [-0.25, -0.2) is 19.0 Å². The molecule has 0 radical (unpaired) electrons. The number of carbonyl (C=O) groups is 2. The highest BCUT2D eigenvalue weighted by molar-refractivity contribution is 6.27. The number of H-pyrrole nitrogens is 1. The standard InChI is InChI=1S/C21H21F4N3O2.C2H2O4/c1-28-10-8-14(9-11-28)29-19(20-26-16-4-2-3-5-17(16)27-20)13-6-7-15(22)18(12-13)30-21(23,24)25;3-1(4)2(5)6/h2-7,12,14,19H,8-11H2,1H3,(H,26,27);(H,3,4)(H,5,6). The van der Waals surface area contributed by atoms with Crippen molar-refractivity contribution in [1.82, 2.24) is 14.9 Å². The fourth-order valence-corrected chi connectivity index (χ4v) is 3.60. The SMILES string of the molecule is CN1CCC(OC(c2ccc(F)c(OC(F)(F)F)c2)c2nc3ccccc3[nH]2)CC1.O=C(O)C(=O)O. The summed E-state index contributed by atoms with van der Waals surface area (Å²) >= 11 is 0. The fraction of sp³-hybridized carbons (Fsp3) is 0.348. The van der Waals surface area contributed by atoms with Crippen LogP contribution in [-0.4, -0.2) is 69.6 Å². The van der Waals surface area contributed by atoms with Crippen LogP contribution in [0.1, 0.15) is 30.3 Å². The van der Waals surface area contributed by atoms with Crippen molar-refractivity contribution in [2.45, 2.75) is 31.4 Å². The van der Waals surface area contributed by atoms with Gasteiger partial charge in [0.25, 0.3) is 0 Å². The number of aromatic amines is 1. The summed E-state index contributed by atoms with van der Waals surface area (Å²) < 4.78 is 62.1. The Morgan fingerprint density at radius 3 is 2.33 bits per heavy atom. The molecular weight excluding hydrogens is 490 g/mol. The monoisotopic (exact) mass is 513 g/mol. The number of piperidine rings is 1. The average Bonchev–Trinajstić information content (AvgIpc) is 3.24. The number of halogens is 4. The minimum absolute atomic E-state index is 0.101. The van der Waals surface area contributed by atoms with Gasteiger partial charge >= 0.3 is 18.3 Å². The van der Waals surface area contributed by atoms with E-state index in [9.17, 15) is 17.6 Å². The van der Waals surface area contributed by atoms with Crippen molar-refractivity contribution in [1.29, 1.82) is 0 Å². The van der Waals surface area contributed by atoms with Crippen LogP contribution in [0.25, 0.3) is 11.0 Å². The number of para-hydroxylation sites is 2. The Hall–Kier alpha value is -3.71. The fourth-order valence-electron chi connectivity index (χ4n) is 3.60. The number of alkyl halides is 3. The van der Waals surface area contributed by atoms with Crippen molar-refractivity contribution < 1.29 is 46.8 Å². The number of carboxylic acid groups (broad SMARTS) is 2. The van der Waals surface area contributed by atoms with E-state index in [4.69, 9.17) is 24.5 Å². The third-order valence-corrected chi connectivity index (χ3v) is 5.32. The number of rotatable bonds is 5. The Balaban J connectivity index is 0.000000538. The summed E-state index contributed by atoms with van der Waals surface area (Å²) in [5.74, 6) is -5.20. The first-order valence-corrected chi connectivity index (χ1v) is 10.7. The number of aliphatic carboxylic acids is 2. The molecule has 0 bridgehead atoms. The van der Waals surface area contributed by atoms with Gasteiger partial charge in [-0.05, 0) is 49.7 Å². The van der Waals surface area contributed by atoms with Crippen LogP contribution in [0.2, 0.25) is 0 Å². The molecule has 2 heterocycles. The Kier molecular flexibility index (Phi) is 8.48. The average molecular weight is 513 g/mol. The van der Waals surface area contributed by atoms with Crippen LogP contribution in [0.4, 0.5) is 17.6 Å². The van der Waals surface area contributed by atoms with E-state index in [2.05, 4.69) is 19.6 Å². The van der Waals surface area contributed by atoms with E-state index in [0.29, 0.717) is 16.9 Å². The van der Waals surface area contributed by atoms with E-state index in [1.54, 1.807) is 0 Å². The molecule has 3 aromatic rings. The first kappa shape index (κ1) is 26.9. The van der Waals surface area contributed by atoms with Gasteiger partial charge < -0.3 is 29.6 Å². The molecule has 1 aliphatic heterocycles. The number of hydrogen-bond donors (Lipinski definition) is 3. The smallest absolute Gasteiger partial charge is 0.473 e. The third-order valence-electron chi connectivity index (χ3n) is 5.32. The van der Waals surface area contributed by atoms with Crippen LogP contribution in [0.5, 0.6) is 5.75 Å². The summed E-state index contributed by atoms with van der Waals surface area (Å²) in [7, 11) is 2.02. The van der Waals surface area contributed by atoms with Crippen molar-refractivity contribution in [3.05, 3.63) is 59.7 Å². The van der Waals surface area contributed by atoms with E-state index < -0.39 is 36.0 Å². The highest BCUT2D eigenvalue weighted by atomic mass is 19.4. The molecule has 0 spiro atoms. The van der Waals surface area contributed by atoms with E-state index in [1.165, 1.54) is 6.07 Å². The predicted octanol–water partition coefficient (Wildman–Crippen LogP) is 3.96. The Morgan fingerprint density at radius 1 is 1.11 bits per heavy atom. The molecule has 1 aromatic heterocycles. The zero-order valence-electron chi connectivity index (χ0n) is 19.0. The zero-order chi connectivity index (χ0) is 26.5. The topological polar surface area (TPSA) is 125 Å². The molecular formula is C23H23F4N3O6. The van der Waals surface area contributed by atoms with Crippen molar-refractivity contribution in [2.75, 3.05) is 20.1 Å². The first-order valence-electron chi connectivity index (χ1n) is 10.7. The number of carboxylic acids is 2. The van der Waals surface area contributed by atoms with Gasteiger partial charge in [-0.15, -0.1) is 13.2 Å². The molecule has 0 aliphatic carbocycles. The van der Waals surface area contributed by atoms with Crippen molar-refractivity contribution >= 4 is 23.0 Å². The quantitative estimate of drug-likeness (QED) is 0.346. The van der Waals surface area contributed by atoms with Crippen LogP contribution in [0, 0.1) is 5.82 Å². The van der Waals surface area contributed by atoms with E-state index in [1.807, 2.05) is 31.3 Å². The maximum Gasteiger partial charge on any atom is 0.573 e. The highest BCUT2D eigenvalue weighted by Gasteiger charge is 2.33. The lowest BCUT2D eigenvalue weighted by Gasteiger charge is -2.31. The molecule has 13 heteroatoms. The normalized spacial score (nSPS) is 15.7. The number of nitrogens with zero attached hydrogens (tertiary/aromatic N) is 2. The van der Waals surface area contributed by atoms with E-state index >= 15 is 0 Å². The van der Waals surface area contributed by atoms with Crippen LogP contribution in [0.3, 0.4) is 0 Å². The van der Waals surface area contributed by atoms with Crippen molar-refractivity contribution in [3.63, 3.8) is 0 Å². The van der Waals surface area contributed by atoms with Gasteiger partial charge in [-0.1, -0.05) is 18.2 Å². The van der Waals surface area contributed by atoms with Crippen LogP contribution in [-0.2, 0) is 14.3 Å². The molecule has 1 aliphatic rings. The molecule has 1 saturated heterocycles. The molecule has 1 atom stereocenters. The summed E-state index contributed by atoms with van der Waals surface area (Å²) in [6.45, 7) is 1.70. The summed E-state index contributed by atoms with van der Waals surface area (Å²) in [6, 6.07) is 10.7. The molecule has 9 nitrogen and oxygen atoms in total. The molecule has 0 amide bonds. The van der Waals surface area contributed by atoms with Crippen LogP contribution < -0.4 is 4.74 Å². The largest absolute Gasteiger partial charge is 0.573 e. The Labute approximate surface area is 202 Å². The maximum atomic E-state index is 13.9. The lowest BCUT2D eigenvalue weighted by molar-refractivity contribution is -0.275. The van der Waals surface area contributed by atoms with E-state index in [-0.39, 0.29) is 6.10 Å².